The molecule has 2 aromatic rings. The van der Waals surface area contributed by atoms with E-state index in [1.807, 2.05) is 0 Å². The van der Waals surface area contributed by atoms with E-state index >= 15 is 0 Å². The number of nitrogens with zero attached hydrogens (tertiary/aromatic N) is 1. The molecule has 0 bridgehead atoms. The van der Waals surface area contributed by atoms with Crippen LogP contribution in [-0.4, -0.2) is 32.0 Å². The number of carbonyl (C=O) groups excluding carboxylic acids is 2. The van der Waals surface area contributed by atoms with Crippen LogP contribution in [0.5, 0.6) is 0 Å². The molecule has 1 aliphatic heterocycles. The number of amides is 2. The molecule has 6 nitrogen and oxygen atoms in total. The summed E-state index contributed by atoms with van der Waals surface area (Å²) in [5.74, 6) is -1.10. The summed E-state index contributed by atoms with van der Waals surface area (Å²) in [5, 5.41) is 1.57. The van der Waals surface area contributed by atoms with Crippen LogP contribution < -0.4 is 10.2 Å². The molecule has 4 rings (SSSR count). The van der Waals surface area contributed by atoms with Gasteiger partial charge in [-0.2, -0.15) is 0 Å². The van der Waals surface area contributed by atoms with Crippen LogP contribution in [0.15, 0.2) is 41.3 Å². The van der Waals surface area contributed by atoms with Crippen molar-refractivity contribution in [3.63, 3.8) is 0 Å². The number of hydrogen-bond acceptors (Lipinski definition) is 4. The molecule has 0 saturated heterocycles. The monoisotopic (exact) mass is 464 g/mol. The second-order valence-corrected chi connectivity index (χ2v) is 10.8. The van der Waals surface area contributed by atoms with Gasteiger partial charge in [0.1, 0.15) is 5.82 Å². The first-order valence-corrected chi connectivity index (χ1v) is 12.0. The second kappa shape index (κ2) is 8.24. The zero-order valence-corrected chi connectivity index (χ0v) is 18.5. The minimum atomic E-state index is -3.79. The molecule has 9 heteroatoms. The minimum Gasteiger partial charge on any atom is -0.324 e. The Bertz CT molecular complexity index is 1160. The molecule has 2 aliphatic rings. The number of anilines is 2. The lowest BCUT2D eigenvalue weighted by Gasteiger charge is -2.18. The normalized spacial score (nSPS) is 16.7. The van der Waals surface area contributed by atoms with E-state index in [9.17, 15) is 22.4 Å². The van der Waals surface area contributed by atoms with Gasteiger partial charge in [-0.1, -0.05) is 11.6 Å². The SMILES string of the molecule is CC(CC(=O)Nc1ccc(Cl)cc1F)S(=O)(=O)c1ccc2c(c1)CCN2C(=O)C1CC1. The molecule has 1 aliphatic carbocycles. The highest BCUT2D eigenvalue weighted by Crippen LogP contribution is 2.37. The lowest BCUT2D eigenvalue weighted by Crippen LogP contribution is -2.30. The Morgan fingerprint density at radius 2 is 1.97 bits per heavy atom. The van der Waals surface area contributed by atoms with E-state index in [1.165, 1.54) is 25.1 Å². The first-order chi connectivity index (χ1) is 14.7. The summed E-state index contributed by atoms with van der Waals surface area (Å²) in [6.07, 6.45) is 2.10. The number of carbonyl (C=O) groups is 2. The molecular formula is C22H22ClFN2O4S. The van der Waals surface area contributed by atoms with Crippen LogP contribution in [-0.2, 0) is 25.8 Å². The second-order valence-electron chi connectivity index (χ2n) is 8.04. The Morgan fingerprint density at radius 1 is 1.23 bits per heavy atom. The largest absolute Gasteiger partial charge is 0.324 e. The Hall–Kier alpha value is -2.45. The molecule has 2 amide bonds. The van der Waals surface area contributed by atoms with E-state index in [2.05, 4.69) is 5.32 Å². The summed E-state index contributed by atoms with van der Waals surface area (Å²) in [6, 6.07) is 8.58. The van der Waals surface area contributed by atoms with Crippen molar-refractivity contribution in [3.05, 3.63) is 52.8 Å². The zero-order valence-electron chi connectivity index (χ0n) is 16.9. The van der Waals surface area contributed by atoms with Crippen molar-refractivity contribution >= 4 is 44.6 Å². The van der Waals surface area contributed by atoms with Crippen molar-refractivity contribution < 1.29 is 22.4 Å². The maximum atomic E-state index is 13.9. The van der Waals surface area contributed by atoms with Crippen molar-refractivity contribution in [2.24, 2.45) is 5.92 Å². The topological polar surface area (TPSA) is 83.6 Å². The minimum absolute atomic E-state index is 0.0584. The van der Waals surface area contributed by atoms with Gasteiger partial charge in [-0.3, -0.25) is 9.59 Å². The van der Waals surface area contributed by atoms with Gasteiger partial charge in [-0.25, -0.2) is 12.8 Å². The summed E-state index contributed by atoms with van der Waals surface area (Å²) in [5.41, 5.74) is 1.52. The molecule has 1 heterocycles. The number of rotatable bonds is 6. The molecule has 0 aromatic heterocycles. The fourth-order valence-electron chi connectivity index (χ4n) is 3.73. The van der Waals surface area contributed by atoms with Crippen molar-refractivity contribution in [2.75, 3.05) is 16.8 Å². The van der Waals surface area contributed by atoms with Crippen LogP contribution in [0.25, 0.3) is 0 Å². The standard InChI is InChI=1S/C22H22ClFN2O4S/c1-13(10-21(27)25-19-6-4-16(23)12-18(19)24)31(29,30)17-5-7-20-15(11-17)8-9-26(20)22(28)14-2-3-14/h4-7,11-14H,2-3,8-10H2,1H3,(H,25,27). The van der Waals surface area contributed by atoms with E-state index in [0.717, 1.165) is 30.2 Å². The molecule has 1 saturated carbocycles. The van der Waals surface area contributed by atoms with Crippen LogP contribution >= 0.6 is 11.6 Å². The highest BCUT2D eigenvalue weighted by molar-refractivity contribution is 7.92. The molecule has 1 atom stereocenters. The fraction of sp³-hybridized carbons (Fsp3) is 0.364. The highest BCUT2D eigenvalue weighted by atomic mass is 35.5. The van der Waals surface area contributed by atoms with Gasteiger partial charge in [0.2, 0.25) is 11.8 Å². The average molecular weight is 465 g/mol. The molecule has 0 radical (unpaired) electrons. The van der Waals surface area contributed by atoms with E-state index < -0.39 is 26.8 Å². The third-order valence-corrected chi connectivity index (χ3v) is 8.05. The molecule has 31 heavy (non-hydrogen) atoms. The smallest absolute Gasteiger partial charge is 0.230 e. The summed E-state index contributed by atoms with van der Waals surface area (Å²) in [4.78, 5) is 26.5. The van der Waals surface area contributed by atoms with Crippen molar-refractivity contribution in [1.29, 1.82) is 0 Å². The van der Waals surface area contributed by atoms with Gasteiger partial charge in [0.25, 0.3) is 0 Å². The Labute approximate surface area is 185 Å². The molecule has 1 unspecified atom stereocenters. The Morgan fingerprint density at radius 3 is 2.65 bits per heavy atom. The Kier molecular flexibility index (Phi) is 5.79. The molecule has 0 spiro atoms. The third-order valence-electron chi connectivity index (χ3n) is 5.68. The van der Waals surface area contributed by atoms with Gasteiger partial charge < -0.3 is 10.2 Å². The average Bonchev–Trinajstić information content (AvgIpc) is 3.48. The number of benzene rings is 2. The Balaban J connectivity index is 1.46. The van der Waals surface area contributed by atoms with Gasteiger partial charge in [0.15, 0.2) is 9.84 Å². The number of nitrogens with one attached hydrogen (secondary N) is 1. The summed E-state index contributed by atoms with van der Waals surface area (Å²) in [7, 11) is -3.79. The molecule has 2 aromatic carbocycles. The quantitative estimate of drug-likeness (QED) is 0.701. The van der Waals surface area contributed by atoms with E-state index in [4.69, 9.17) is 11.6 Å². The van der Waals surface area contributed by atoms with Gasteiger partial charge in [0, 0.05) is 29.6 Å². The summed E-state index contributed by atoms with van der Waals surface area (Å²) >= 11 is 5.70. The number of fused-ring (bicyclic) bond motifs is 1. The predicted molar refractivity (Wildman–Crippen MR) is 117 cm³/mol. The van der Waals surface area contributed by atoms with E-state index in [1.54, 1.807) is 17.0 Å². The van der Waals surface area contributed by atoms with Crippen LogP contribution in [0, 0.1) is 11.7 Å². The highest BCUT2D eigenvalue weighted by Gasteiger charge is 2.37. The van der Waals surface area contributed by atoms with E-state index in [-0.39, 0.29) is 33.9 Å². The van der Waals surface area contributed by atoms with Gasteiger partial charge in [-0.05, 0) is 68.1 Å². The predicted octanol–water partition coefficient (Wildman–Crippen LogP) is 3.97. The lowest BCUT2D eigenvalue weighted by atomic mass is 10.2. The number of hydrogen-bond donors (Lipinski definition) is 1. The third kappa shape index (κ3) is 4.45. The van der Waals surface area contributed by atoms with Crippen LogP contribution in [0.3, 0.4) is 0 Å². The number of sulfone groups is 1. The van der Waals surface area contributed by atoms with E-state index in [0.29, 0.717) is 13.0 Å². The van der Waals surface area contributed by atoms with Gasteiger partial charge >= 0.3 is 0 Å². The fourth-order valence-corrected chi connectivity index (χ4v) is 5.29. The number of halogens is 2. The maximum Gasteiger partial charge on any atom is 0.230 e. The van der Waals surface area contributed by atoms with Crippen LogP contribution in [0.1, 0.15) is 31.7 Å². The lowest BCUT2D eigenvalue weighted by molar-refractivity contribution is -0.119. The summed E-state index contributed by atoms with van der Waals surface area (Å²) in [6.45, 7) is 2.00. The molecular weight excluding hydrogens is 443 g/mol. The van der Waals surface area contributed by atoms with Gasteiger partial charge in [-0.15, -0.1) is 0 Å². The first kappa shape index (κ1) is 21.8. The molecule has 1 fully saturated rings. The maximum absolute atomic E-state index is 13.9. The van der Waals surface area contributed by atoms with Gasteiger partial charge in [0.05, 0.1) is 15.8 Å². The zero-order chi connectivity index (χ0) is 22.3. The van der Waals surface area contributed by atoms with Crippen molar-refractivity contribution in [1.82, 2.24) is 0 Å². The molecule has 164 valence electrons. The van der Waals surface area contributed by atoms with Crippen molar-refractivity contribution in [3.8, 4) is 0 Å². The molecule has 1 N–H and O–H groups in total. The van der Waals surface area contributed by atoms with Crippen molar-refractivity contribution in [2.45, 2.75) is 42.8 Å². The first-order valence-electron chi connectivity index (χ1n) is 10.1. The summed E-state index contributed by atoms with van der Waals surface area (Å²) < 4.78 is 39.9. The van der Waals surface area contributed by atoms with Crippen LogP contribution in [0.4, 0.5) is 15.8 Å². The van der Waals surface area contributed by atoms with Crippen LogP contribution in [0.2, 0.25) is 5.02 Å².